The van der Waals surface area contributed by atoms with Crippen molar-refractivity contribution in [2.24, 2.45) is 0 Å². The maximum atomic E-state index is 12.5. The van der Waals surface area contributed by atoms with Crippen LogP contribution >= 0.6 is 0 Å². The number of carbonyl (C=O) groups is 3. The highest BCUT2D eigenvalue weighted by Crippen LogP contribution is 2.17. The number of esters is 1. The fraction of sp³-hybridized carbons (Fsp3) is 0.125. The molecule has 2 N–H and O–H groups in total. The zero-order valence-corrected chi connectivity index (χ0v) is 17.0. The molecule has 0 unspecified atom stereocenters. The van der Waals surface area contributed by atoms with E-state index >= 15 is 0 Å². The molecule has 0 fully saturated rings. The van der Waals surface area contributed by atoms with Crippen molar-refractivity contribution in [1.29, 1.82) is 0 Å². The van der Waals surface area contributed by atoms with Crippen LogP contribution in [0.3, 0.4) is 0 Å². The molecule has 0 aliphatic heterocycles. The lowest BCUT2D eigenvalue weighted by molar-refractivity contribution is -0.124. The zero-order valence-electron chi connectivity index (χ0n) is 17.0. The molecule has 7 heteroatoms. The van der Waals surface area contributed by atoms with Crippen LogP contribution in [0.15, 0.2) is 78.9 Å². The molecule has 0 saturated heterocycles. The number of hydrogen-bond acceptors (Lipinski definition) is 5. The SMILES string of the molecule is COc1cccc(CNC(=O)COC(=O)c2ccccc2NC(=O)c2ccccc2)c1. The maximum absolute atomic E-state index is 12.5. The summed E-state index contributed by atoms with van der Waals surface area (Å²) in [5, 5.41) is 5.38. The zero-order chi connectivity index (χ0) is 22.1. The minimum atomic E-state index is -0.708. The Morgan fingerprint density at radius 3 is 2.39 bits per heavy atom. The van der Waals surface area contributed by atoms with Crippen molar-refractivity contribution in [1.82, 2.24) is 5.32 Å². The molecule has 2 amide bonds. The average Bonchev–Trinajstić information content (AvgIpc) is 2.82. The summed E-state index contributed by atoms with van der Waals surface area (Å²) in [4.78, 5) is 36.9. The molecular weight excluding hydrogens is 396 g/mol. The predicted octanol–water partition coefficient (Wildman–Crippen LogP) is 3.42. The van der Waals surface area contributed by atoms with Crippen LogP contribution in [0.2, 0.25) is 0 Å². The first-order valence-electron chi connectivity index (χ1n) is 9.59. The molecular formula is C24H22N2O5. The van der Waals surface area contributed by atoms with Crippen LogP contribution in [0, 0.1) is 0 Å². The molecule has 0 heterocycles. The molecule has 3 rings (SSSR count). The van der Waals surface area contributed by atoms with Gasteiger partial charge in [0.1, 0.15) is 5.75 Å². The number of amides is 2. The third-order valence-corrected chi connectivity index (χ3v) is 4.39. The van der Waals surface area contributed by atoms with Crippen molar-refractivity contribution >= 4 is 23.5 Å². The van der Waals surface area contributed by atoms with Gasteiger partial charge in [0.25, 0.3) is 11.8 Å². The van der Waals surface area contributed by atoms with Gasteiger partial charge in [-0.25, -0.2) is 4.79 Å². The summed E-state index contributed by atoms with van der Waals surface area (Å²) in [6.07, 6.45) is 0. The fourth-order valence-electron chi connectivity index (χ4n) is 2.80. The third-order valence-electron chi connectivity index (χ3n) is 4.39. The number of anilines is 1. The second kappa shape index (κ2) is 10.6. The molecule has 0 radical (unpaired) electrons. The average molecular weight is 418 g/mol. The summed E-state index contributed by atoms with van der Waals surface area (Å²) in [7, 11) is 1.57. The minimum absolute atomic E-state index is 0.160. The Labute approximate surface area is 180 Å². The lowest BCUT2D eigenvalue weighted by atomic mass is 10.1. The Bertz CT molecular complexity index is 1070. The predicted molar refractivity (Wildman–Crippen MR) is 116 cm³/mol. The smallest absolute Gasteiger partial charge is 0.340 e. The molecule has 158 valence electrons. The largest absolute Gasteiger partial charge is 0.497 e. The van der Waals surface area contributed by atoms with Crippen LogP contribution in [0.1, 0.15) is 26.3 Å². The van der Waals surface area contributed by atoms with Crippen molar-refractivity contribution in [2.75, 3.05) is 19.0 Å². The Balaban J connectivity index is 1.55. The topological polar surface area (TPSA) is 93.7 Å². The van der Waals surface area contributed by atoms with E-state index in [1.807, 2.05) is 12.1 Å². The fourth-order valence-corrected chi connectivity index (χ4v) is 2.80. The molecule has 31 heavy (non-hydrogen) atoms. The van der Waals surface area contributed by atoms with E-state index in [1.165, 1.54) is 6.07 Å². The van der Waals surface area contributed by atoms with Gasteiger partial charge in [-0.2, -0.15) is 0 Å². The van der Waals surface area contributed by atoms with Crippen molar-refractivity contribution in [2.45, 2.75) is 6.54 Å². The van der Waals surface area contributed by atoms with E-state index in [0.717, 1.165) is 5.56 Å². The number of nitrogens with one attached hydrogen (secondary N) is 2. The van der Waals surface area contributed by atoms with Gasteiger partial charge in [-0.1, -0.05) is 42.5 Å². The summed E-state index contributed by atoms with van der Waals surface area (Å²) in [6.45, 7) is -0.166. The molecule has 0 aliphatic carbocycles. The van der Waals surface area contributed by atoms with Crippen LogP contribution in [-0.2, 0) is 16.1 Å². The van der Waals surface area contributed by atoms with Crippen molar-refractivity contribution in [3.05, 3.63) is 95.6 Å². The molecule has 3 aromatic carbocycles. The Kier molecular flexibility index (Phi) is 7.37. The summed E-state index contributed by atoms with van der Waals surface area (Å²) >= 11 is 0. The highest BCUT2D eigenvalue weighted by atomic mass is 16.5. The number of benzene rings is 3. The van der Waals surface area contributed by atoms with Gasteiger partial charge in [0.05, 0.1) is 18.4 Å². The number of methoxy groups -OCH3 is 1. The quantitative estimate of drug-likeness (QED) is 0.547. The van der Waals surface area contributed by atoms with Crippen LogP contribution in [-0.4, -0.2) is 31.5 Å². The maximum Gasteiger partial charge on any atom is 0.340 e. The number of carbonyl (C=O) groups excluding carboxylic acids is 3. The van der Waals surface area contributed by atoms with E-state index < -0.39 is 18.5 Å². The molecule has 0 saturated carbocycles. The van der Waals surface area contributed by atoms with Crippen molar-refractivity contribution in [3.8, 4) is 5.75 Å². The molecule has 3 aromatic rings. The summed E-state index contributed by atoms with van der Waals surface area (Å²) in [5.41, 5.74) is 1.78. The second-order valence-corrected chi connectivity index (χ2v) is 6.57. The van der Waals surface area contributed by atoms with Gasteiger partial charge < -0.3 is 20.1 Å². The molecule has 7 nitrogen and oxygen atoms in total. The standard InChI is InChI=1S/C24H22N2O5/c1-30-19-11-7-8-17(14-19)15-25-22(27)16-31-24(29)20-12-5-6-13-21(20)26-23(28)18-9-3-2-4-10-18/h2-14H,15-16H2,1H3,(H,25,27)(H,26,28). The summed E-state index contributed by atoms with van der Waals surface area (Å²) in [6, 6.07) is 22.4. The van der Waals surface area contributed by atoms with Gasteiger partial charge >= 0.3 is 5.97 Å². The molecule has 0 aliphatic rings. The van der Waals surface area contributed by atoms with Gasteiger partial charge in [0, 0.05) is 12.1 Å². The Morgan fingerprint density at radius 1 is 0.871 bits per heavy atom. The Hall–Kier alpha value is -4.13. The van der Waals surface area contributed by atoms with Crippen LogP contribution < -0.4 is 15.4 Å². The third kappa shape index (κ3) is 6.17. The van der Waals surface area contributed by atoms with Crippen LogP contribution in [0.5, 0.6) is 5.75 Å². The number of ether oxygens (including phenoxy) is 2. The lowest BCUT2D eigenvalue weighted by Gasteiger charge is -2.11. The highest BCUT2D eigenvalue weighted by molar-refractivity contribution is 6.08. The Morgan fingerprint density at radius 2 is 1.61 bits per heavy atom. The first-order chi connectivity index (χ1) is 15.1. The molecule has 0 bridgehead atoms. The van der Waals surface area contributed by atoms with Gasteiger partial charge in [-0.15, -0.1) is 0 Å². The molecule has 0 spiro atoms. The minimum Gasteiger partial charge on any atom is -0.497 e. The molecule has 0 aromatic heterocycles. The lowest BCUT2D eigenvalue weighted by Crippen LogP contribution is -2.28. The van der Waals surface area contributed by atoms with Gasteiger partial charge in [-0.3, -0.25) is 9.59 Å². The summed E-state index contributed by atoms with van der Waals surface area (Å²) in [5.74, 6) is -0.813. The number of hydrogen-bond donors (Lipinski definition) is 2. The highest BCUT2D eigenvalue weighted by Gasteiger charge is 2.16. The molecule has 0 atom stereocenters. The van der Waals surface area contributed by atoms with Crippen LogP contribution in [0.4, 0.5) is 5.69 Å². The monoisotopic (exact) mass is 418 g/mol. The van der Waals surface area contributed by atoms with E-state index in [2.05, 4.69) is 10.6 Å². The number of para-hydroxylation sites is 1. The number of rotatable bonds is 8. The summed E-state index contributed by atoms with van der Waals surface area (Å²) < 4.78 is 10.3. The van der Waals surface area contributed by atoms with Crippen molar-refractivity contribution in [3.63, 3.8) is 0 Å². The van der Waals surface area contributed by atoms with E-state index in [-0.39, 0.29) is 18.0 Å². The van der Waals surface area contributed by atoms with Gasteiger partial charge in [-0.05, 0) is 42.0 Å². The normalized spacial score (nSPS) is 10.1. The first-order valence-corrected chi connectivity index (χ1v) is 9.59. The van der Waals surface area contributed by atoms with E-state index in [1.54, 1.807) is 67.8 Å². The van der Waals surface area contributed by atoms with E-state index in [0.29, 0.717) is 17.0 Å². The second-order valence-electron chi connectivity index (χ2n) is 6.57. The van der Waals surface area contributed by atoms with Crippen molar-refractivity contribution < 1.29 is 23.9 Å². The first kappa shape index (κ1) is 21.6. The van der Waals surface area contributed by atoms with Gasteiger partial charge in [0.2, 0.25) is 0 Å². The van der Waals surface area contributed by atoms with E-state index in [4.69, 9.17) is 9.47 Å². The van der Waals surface area contributed by atoms with Crippen LogP contribution in [0.25, 0.3) is 0 Å². The van der Waals surface area contributed by atoms with E-state index in [9.17, 15) is 14.4 Å². The van der Waals surface area contributed by atoms with Gasteiger partial charge in [0.15, 0.2) is 6.61 Å².